The highest BCUT2D eigenvalue weighted by Gasteiger charge is 2.13. The summed E-state index contributed by atoms with van der Waals surface area (Å²) in [5, 5.41) is 0. The van der Waals surface area contributed by atoms with Crippen LogP contribution in [0.4, 0.5) is 0 Å². The second-order valence-electron chi connectivity index (χ2n) is 5.35. The first-order chi connectivity index (χ1) is 7.77. The maximum Gasteiger partial charge on any atom is 0.0893 e. The predicted molar refractivity (Wildman–Crippen MR) is 83.7 cm³/mol. The van der Waals surface area contributed by atoms with Crippen molar-refractivity contribution in [1.82, 2.24) is 0 Å². The Morgan fingerprint density at radius 1 is 1.12 bits per heavy atom. The third-order valence-corrected chi connectivity index (χ3v) is 2.77. The van der Waals surface area contributed by atoms with E-state index in [1.165, 1.54) is 12.8 Å². The van der Waals surface area contributed by atoms with E-state index in [1.54, 1.807) is 0 Å². The highest BCUT2D eigenvalue weighted by atomic mass is 32.1. The number of hydrogen-bond donors (Lipinski definition) is 2. The van der Waals surface area contributed by atoms with Gasteiger partial charge in [0.05, 0.1) is 12.5 Å². The van der Waals surface area contributed by atoms with Crippen LogP contribution in [-0.4, -0.2) is 19.1 Å². The normalized spacial score (nSPS) is 10.2. The monoisotopic (exact) mass is 265 g/mol. The predicted octanol–water partition coefficient (Wildman–Crippen LogP) is 4.34. The summed E-state index contributed by atoms with van der Waals surface area (Å²) in [5.74, 6) is 1.27. The zero-order chi connectivity index (χ0) is 14.3. The van der Waals surface area contributed by atoms with Crippen LogP contribution >= 0.6 is 12.6 Å². The number of hydrogen-bond acceptors (Lipinski definition) is 3. The van der Waals surface area contributed by atoms with Gasteiger partial charge in [-0.25, -0.2) is 0 Å². The van der Waals surface area contributed by atoms with Crippen LogP contribution in [-0.2, 0) is 4.74 Å². The standard InChI is InChI=1S/C7H16.C4H10.C3H9NOS/c1-6(2)7(3,4)5;1-3-4-2;4-1-2-5-3-6/h6H,1-5H3;3-4H2,1-2H3;6H,1-4H2. The summed E-state index contributed by atoms with van der Waals surface area (Å²) in [5.41, 5.74) is 5.56. The average molecular weight is 266 g/mol. The Morgan fingerprint density at radius 2 is 1.47 bits per heavy atom. The first-order valence-corrected chi connectivity index (χ1v) is 7.29. The van der Waals surface area contributed by atoms with Gasteiger partial charge in [0.1, 0.15) is 0 Å². The smallest absolute Gasteiger partial charge is 0.0893 e. The van der Waals surface area contributed by atoms with Crippen molar-refractivity contribution in [1.29, 1.82) is 0 Å². The molecule has 0 saturated heterocycles. The Hall–Kier alpha value is 0.270. The molecule has 0 saturated carbocycles. The number of thiol groups is 1. The molecule has 0 rings (SSSR count). The lowest BCUT2D eigenvalue weighted by Crippen LogP contribution is -2.12. The van der Waals surface area contributed by atoms with Crippen molar-refractivity contribution in [3.05, 3.63) is 0 Å². The zero-order valence-corrected chi connectivity index (χ0v) is 13.9. The molecule has 17 heavy (non-hydrogen) atoms. The summed E-state index contributed by atoms with van der Waals surface area (Å²) in [6, 6.07) is 0. The lowest BCUT2D eigenvalue weighted by atomic mass is 9.84. The quantitative estimate of drug-likeness (QED) is 0.450. The third-order valence-electron chi connectivity index (χ3n) is 2.59. The molecular formula is C14H35NOS. The topological polar surface area (TPSA) is 35.2 Å². The van der Waals surface area contributed by atoms with Crippen molar-refractivity contribution in [2.24, 2.45) is 17.1 Å². The number of nitrogens with two attached hydrogens (primary N) is 1. The molecule has 0 atom stereocenters. The van der Waals surface area contributed by atoms with Crippen molar-refractivity contribution in [3.8, 4) is 0 Å². The van der Waals surface area contributed by atoms with E-state index >= 15 is 0 Å². The van der Waals surface area contributed by atoms with E-state index in [0.29, 0.717) is 24.5 Å². The van der Waals surface area contributed by atoms with Gasteiger partial charge in [-0.15, -0.1) is 0 Å². The van der Waals surface area contributed by atoms with E-state index in [1.807, 2.05) is 0 Å². The molecule has 0 amide bonds. The summed E-state index contributed by atoms with van der Waals surface area (Å²) in [6.45, 7) is 16.8. The zero-order valence-electron chi connectivity index (χ0n) is 13.0. The molecule has 3 heteroatoms. The molecular weight excluding hydrogens is 230 g/mol. The molecule has 0 spiro atoms. The molecule has 0 aromatic carbocycles. The van der Waals surface area contributed by atoms with Gasteiger partial charge in [0.15, 0.2) is 0 Å². The fourth-order valence-corrected chi connectivity index (χ4v) is 0.277. The molecule has 0 aliphatic rings. The molecule has 0 radical (unpaired) electrons. The minimum absolute atomic E-state index is 0.469. The van der Waals surface area contributed by atoms with Gasteiger partial charge in [0, 0.05) is 6.54 Å². The number of ether oxygens (including phenoxy) is 1. The molecule has 108 valence electrons. The van der Waals surface area contributed by atoms with Gasteiger partial charge in [-0.3, -0.25) is 0 Å². The fraction of sp³-hybridized carbons (Fsp3) is 1.00. The Morgan fingerprint density at radius 3 is 1.53 bits per heavy atom. The second-order valence-corrected chi connectivity index (χ2v) is 5.60. The number of rotatable bonds is 4. The molecule has 0 fully saturated rings. The summed E-state index contributed by atoms with van der Waals surface area (Å²) >= 11 is 3.78. The molecule has 2 N–H and O–H groups in total. The summed E-state index contributed by atoms with van der Waals surface area (Å²) < 4.78 is 4.72. The van der Waals surface area contributed by atoms with Crippen LogP contribution in [0.5, 0.6) is 0 Å². The van der Waals surface area contributed by atoms with Gasteiger partial charge in [0.25, 0.3) is 0 Å². The minimum Gasteiger partial charge on any atom is -0.370 e. The van der Waals surface area contributed by atoms with Gasteiger partial charge in [-0.1, -0.05) is 61.3 Å². The third kappa shape index (κ3) is 31.4. The van der Waals surface area contributed by atoms with Crippen LogP contribution in [0.25, 0.3) is 0 Å². The molecule has 0 bridgehead atoms. The van der Waals surface area contributed by atoms with Crippen LogP contribution in [0.15, 0.2) is 0 Å². The Kier molecular flexibility index (Phi) is 21.5. The highest BCUT2D eigenvalue weighted by Crippen LogP contribution is 2.23. The van der Waals surface area contributed by atoms with Gasteiger partial charge in [-0.2, -0.15) is 12.6 Å². The largest absolute Gasteiger partial charge is 0.370 e. The lowest BCUT2D eigenvalue weighted by Gasteiger charge is -2.22. The summed E-state index contributed by atoms with van der Waals surface area (Å²) in [7, 11) is 0. The van der Waals surface area contributed by atoms with E-state index in [4.69, 9.17) is 10.5 Å². The van der Waals surface area contributed by atoms with Crippen LogP contribution in [0.2, 0.25) is 0 Å². The Labute approximate surface area is 115 Å². The molecule has 0 aromatic rings. The maximum absolute atomic E-state index is 5.06. The van der Waals surface area contributed by atoms with Crippen LogP contribution in [0.1, 0.15) is 61.3 Å². The molecule has 0 heterocycles. The van der Waals surface area contributed by atoms with Gasteiger partial charge in [-0.05, 0) is 11.3 Å². The van der Waals surface area contributed by atoms with Gasteiger partial charge < -0.3 is 10.5 Å². The van der Waals surface area contributed by atoms with E-state index in [2.05, 4.69) is 61.1 Å². The van der Waals surface area contributed by atoms with E-state index < -0.39 is 0 Å². The van der Waals surface area contributed by atoms with Crippen LogP contribution in [0, 0.1) is 11.3 Å². The summed E-state index contributed by atoms with van der Waals surface area (Å²) in [4.78, 5) is 0. The van der Waals surface area contributed by atoms with Crippen molar-refractivity contribution in [2.45, 2.75) is 61.3 Å². The molecule has 0 aliphatic heterocycles. The van der Waals surface area contributed by atoms with Crippen molar-refractivity contribution < 1.29 is 4.74 Å². The fourth-order valence-electron chi connectivity index (χ4n) is 0.148. The summed E-state index contributed by atoms with van der Waals surface area (Å²) in [6.07, 6.45) is 2.64. The highest BCUT2D eigenvalue weighted by molar-refractivity contribution is 7.80. The van der Waals surface area contributed by atoms with E-state index in [9.17, 15) is 0 Å². The minimum atomic E-state index is 0.469. The lowest BCUT2D eigenvalue weighted by molar-refractivity contribution is 0.192. The Bertz CT molecular complexity index is 116. The van der Waals surface area contributed by atoms with Crippen LogP contribution in [0.3, 0.4) is 0 Å². The average Bonchev–Trinajstić information content (AvgIpc) is 2.26. The SMILES string of the molecule is CC(C)C(C)(C)C.CCCC.NCCOCS. The molecule has 0 aromatic heterocycles. The molecule has 0 aliphatic carbocycles. The second kappa shape index (κ2) is 16.3. The van der Waals surface area contributed by atoms with Gasteiger partial charge in [0.2, 0.25) is 0 Å². The van der Waals surface area contributed by atoms with E-state index in [-0.39, 0.29) is 0 Å². The van der Waals surface area contributed by atoms with Crippen molar-refractivity contribution in [2.75, 3.05) is 19.1 Å². The van der Waals surface area contributed by atoms with Crippen LogP contribution < -0.4 is 5.73 Å². The molecule has 2 nitrogen and oxygen atoms in total. The van der Waals surface area contributed by atoms with Crippen molar-refractivity contribution >= 4 is 12.6 Å². The van der Waals surface area contributed by atoms with Crippen molar-refractivity contribution in [3.63, 3.8) is 0 Å². The molecule has 0 unspecified atom stereocenters. The van der Waals surface area contributed by atoms with E-state index in [0.717, 1.165) is 5.92 Å². The Balaban J connectivity index is -0.000000180. The first kappa shape index (κ1) is 22.5. The van der Waals surface area contributed by atoms with Gasteiger partial charge >= 0.3 is 0 Å². The number of unbranched alkanes of at least 4 members (excludes halogenated alkanes) is 1. The maximum atomic E-state index is 5.06. The first-order valence-electron chi connectivity index (χ1n) is 6.66.